The molecule has 3 heteroatoms. The summed E-state index contributed by atoms with van der Waals surface area (Å²) in [5.74, 6) is -0.543. The summed E-state index contributed by atoms with van der Waals surface area (Å²) < 4.78 is 5.24. The van der Waals surface area contributed by atoms with Crippen LogP contribution in [0.1, 0.15) is 51.0 Å². The van der Waals surface area contributed by atoms with Crippen LogP contribution in [0.4, 0.5) is 0 Å². The number of hydrogen-bond acceptors (Lipinski definition) is 3. The van der Waals surface area contributed by atoms with Crippen LogP contribution in [0.3, 0.4) is 0 Å². The van der Waals surface area contributed by atoms with Gasteiger partial charge in [-0.3, -0.25) is 0 Å². The lowest BCUT2D eigenvalue weighted by atomic mass is 10.0. The summed E-state index contributed by atoms with van der Waals surface area (Å²) in [4.78, 5) is 12.1. The molecular weight excluding hydrogens is 334 g/mol. The first-order chi connectivity index (χ1) is 13.2. The predicted molar refractivity (Wildman–Crippen MR) is 110 cm³/mol. The van der Waals surface area contributed by atoms with Crippen molar-refractivity contribution in [1.82, 2.24) is 0 Å². The Hall–Kier alpha value is -2.86. The molecule has 2 aromatic carbocycles. The molecule has 0 radical (unpaired) electrons. The number of unbranched alkanes of at least 4 members (excludes halogenated alkanes) is 5. The fraction of sp³-hybridized carbons (Fsp3) is 0.333. The van der Waals surface area contributed by atoms with Crippen molar-refractivity contribution in [3.8, 4) is 17.2 Å². The number of nitriles is 1. The fourth-order valence-electron chi connectivity index (χ4n) is 2.83. The first-order valence-corrected chi connectivity index (χ1v) is 9.69. The average molecular weight is 361 g/mol. The molecule has 0 atom stereocenters. The number of hydrogen-bond donors (Lipinski definition) is 0. The molecule has 0 spiro atoms. The number of carbonyl (C=O) groups is 1. The van der Waals surface area contributed by atoms with Gasteiger partial charge in [0.15, 0.2) is 0 Å². The van der Waals surface area contributed by atoms with Crippen LogP contribution in [0.5, 0.6) is 0 Å². The van der Waals surface area contributed by atoms with Crippen molar-refractivity contribution in [3.05, 3.63) is 65.7 Å². The summed E-state index contributed by atoms with van der Waals surface area (Å²) in [6.45, 7) is 2.56. The molecule has 140 valence electrons. The van der Waals surface area contributed by atoms with Gasteiger partial charge < -0.3 is 4.74 Å². The Labute approximate surface area is 162 Å². The molecule has 0 aliphatic rings. The second kappa shape index (κ2) is 11.7. The van der Waals surface area contributed by atoms with Gasteiger partial charge >= 0.3 is 5.97 Å². The molecule has 0 amide bonds. The highest BCUT2D eigenvalue weighted by Crippen LogP contribution is 2.20. The molecule has 0 fully saturated rings. The zero-order chi connectivity index (χ0) is 19.3. The van der Waals surface area contributed by atoms with Crippen LogP contribution >= 0.6 is 0 Å². The lowest BCUT2D eigenvalue weighted by molar-refractivity contribution is -0.138. The Bertz CT molecular complexity index is 770. The van der Waals surface area contributed by atoms with E-state index >= 15 is 0 Å². The average Bonchev–Trinajstić information content (AvgIpc) is 2.72. The maximum absolute atomic E-state index is 12.1. The molecule has 0 N–H and O–H groups in total. The van der Waals surface area contributed by atoms with Crippen molar-refractivity contribution < 1.29 is 9.53 Å². The summed E-state index contributed by atoms with van der Waals surface area (Å²) in [5, 5.41) is 9.27. The Kier molecular flexibility index (Phi) is 8.86. The normalized spacial score (nSPS) is 11.0. The zero-order valence-electron chi connectivity index (χ0n) is 16.0. The number of benzene rings is 2. The molecule has 0 bridgehead atoms. The van der Waals surface area contributed by atoms with Crippen molar-refractivity contribution >= 4 is 12.0 Å². The highest BCUT2D eigenvalue weighted by atomic mass is 16.5. The minimum atomic E-state index is -0.543. The van der Waals surface area contributed by atoms with E-state index in [0.29, 0.717) is 6.61 Å². The van der Waals surface area contributed by atoms with Crippen molar-refractivity contribution in [2.75, 3.05) is 6.61 Å². The van der Waals surface area contributed by atoms with Gasteiger partial charge in [0.05, 0.1) is 6.61 Å². The van der Waals surface area contributed by atoms with E-state index in [-0.39, 0.29) is 5.57 Å². The Morgan fingerprint density at radius 3 is 2.22 bits per heavy atom. The number of ether oxygens (including phenoxy) is 1. The third-order valence-electron chi connectivity index (χ3n) is 4.40. The predicted octanol–water partition coefficient (Wildman–Crippen LogP) is 6.16. The molecule has 3 nitrogen and oxygen atoms in total. The van der Waals surface area contributed by atoms with Crippen molar-refractivity contribution in [2.24, 2.45) is 0 Å². The van der Waals surface area contributed by atoms with Crippen LogP contribution in [-0.2, 0) is 9.53 Å². The van der Waals surface area contributed by atoms with Gasteiger partial charge in [-0.25, -0.2) is 4.79 Å². The highest BCUT2D eigenvalue weighted by molar-refractivity contribution is 5.97. The third kappa shape index (κ3) is 7.11. The number of rotatable bonds is 10. The van der Waals surface area contributed by atoms with E-state index in [2.05, 4.69) is 6.92 Å². The van der Waals surface area contributed by atoms with E-state index in [9.17, 15) is 10.1 Å². The second-order valence-corrected chi connectivity index (χ2v) is 6.56. The van der Waals surface area contributed by atoms with E-state index in [1.165, 1.54) is 25.7 Å². The topological polar surface area (TPSA) is 50.1 Å². The standard InChI is InChI=1S/C24H27NO2/c1-2-3-4-5-6-10-17-27-24(26)23(19-25)18-20-13-15-22(16-14-20)21-11-8-7-9-12-21/h7-9,11-16,18H,2-6,10,17H2,1H3. The monoisotopic (exact) mass is 361 g/mol. The first kappa shape index (κ1) is 20.5. The Morgan fingerprint density at radius 1 is 0.926 bits per heavy atom. The Morgan fingerprint density at radius 2 is 1.56 bits per heavy atom. The first-order valence-electron chi connectivity index (χ1n) is 9.69. The van der Waals surface area contributed by atoms with Crippen LogP contribution in [0, 0.1) is 11.3 Å². The van der Waals surface area contributed by atoms with Gasteiger partial charge in [0.1, 0.15) is 11.6 Å². The molecule has 2 aromatic rings. The van der Waals surface area contributed by atoms with Crippen molar-refractivity contribution in [1.29, 1.82) is 5.26 Å². The van der Waals surface area contributed by atoms with Crippen molar-refractivity contribution in [2.45, 2.75) is 45.4 Å². The minimum absolute atomic E-state index is 0.0356. The van der Waals surface area contributed by atoms with Crippen LogP contribution in [0.15, 0.2) is 60.2 Å². The van der Waals surface area contributed by atoms with Gasteiger partial charge in [0.2, 0.25) is 0 Å². The molecule has 0 aliphatic carbocycles. The van der Waals surface area contributed by atoms with Gasteiger partial charge in [-0.2, -0.15) is 5.26 Å². The fourth-order valence-corrected chi connectivity index (χ4v) is 2.83. The molecular formula is C24H27NO2. The van der Waals surface area contributed by atoms with Crippen LogP contribution in [0.2, 0.25) is 0 Å². The van der Waals surface area contributed by atoms with Crippen molar-refractivity contribution in [3.63, 3.8) is 0 Å². The molecule has 27 heavy (non-hydrogen) atoms. The van der Waals surface area contributed by atoms with Gasteiger partial charge in [-0.1, -0.05) is 93.6 Å². The van der Waals surface area contributed by atoms with Gasteiger partial charge in [-0.05, 0) is 29.2 Å². The minimum Gasteiger partial charge on any atom is -0.462 e. The number of esters is 1. The molecule has 0 saturated carbocycles. The van der Waals surface area contributed by atoms with E-state index in [0.717, 1.165) is 29.5 Å². The summed E-state index contributed by atoms with van der Waals surface area (Å²) in [6, 6.07) is 19.8. The van der Waals surface area contributed by atoms with Gasteiger partial charge in [0.25, 0.3) is 0 Å². The molecule has 0 saturated heterocycles. The van der Waals surface area contributed by atoms with E-state index < -0.39 is 5.97 Å². The van der Waals surface area contributed by atoms with E-state index in [4.69, 9.17) is 4.74 Å². The third-order valence-corrected chi connectivity index (χ3v) is 4.40. The van der Waals surface area contributed by atoms with E-state index in [1.54, 1.807) is 6.08 Å². The molecule has 2 rings (SSSR count). The maximum Gasteiger partial charge on any atom is 0.348 e. The lowest BCUT2D eigenvalue weighted by Gasteiger charge is -2.05. The zero-order valence-corrected chi connectivity index (χ0v) is 16.0. The van der Waals surface area contributed by atoms with E-state index in [1.807, 2.05) is 60.7 Å². The van der Waals surface area contributed by atoms with Crippen LogP contribution in [0.25, 0.3) is 17.2 Å². The van der Waals surface area contributed by atoms with Gasteiger partial charge in [-0.15, -0.1) is 0 Å². The quantitative estimate of drug-likeness (QED) is 0.220. The summed E-state index contributed by atoms with van der Waals surface area (Å²) in [7, 11) is 0. The van der Waals surface area contributed by atoms with Crippen LogP contribution < -0.4 is 0 Å². The summed E-state index contributed by atoms with van der Waals surface area (Å²) in [5.41, 5.74) is 3.07. The number of nitrogens with zero attached hydrogens (tertiary/aromatic N) is 1. The summed E-state index contributed by atoms with van der Waals surface area (Å²) >= 11 is 0. The number of carbonyl (C=O) groups excluding carboxylic acids is 1. The largest absolute Gasteiger partial charge is 0.462 e. The molecule has 0 aliphatic heterocycles. The molecule has 0 aromatic heterocycles. The second-order valence-electron chi connectivity index (χ2n) is 6.56. The van der Waals surface area contributed by atoms with Crippen LogP contribution in [-0.4, -0.2) is 12.6 Å². The lowest BCUT2D eigenvalue weighted by Crippen LogP contribution is -2.08. The smallest absolute Gasteiger partial charge is 0.348 e. The molecule has 0 unspecified atom stereocenters. The highest BCUT2D eigenvalue weighted by Gasteiger charge is 2.10. The SMILES string of the molecule is CCCCCCCCOC(=O)C(C#N)=Cc1ccc(-c2ccccc2)cc1. The maximum atomic E-state index is 12.1. The summed E-state index contributed by atoms with van der Waals surface area (Å²) in [6.07, 6.45) is 8.35. The molecule has 0 heterocycles. The Balaban J connectivity index is 1.87. The van der Waals surface area contributed by atoms with Gasteiger partial charge in [0, 0.05) is 0 Å².